The highest BCUT2D eigenvalue weighted by atomic mass is 79.9. The summed E-state index contributed by atoms with van der Waals surface area (Å²) in [6, 6.07) is 7.09. The molecular formula is C13H12BrNO2S. The predicted molar refractivity (Wildman–Crippen MR) is 77.5 cm³/mol. The van der Waals surface area contributed by atoms with Crippen LogP contribution in [0, 0.1) is 0 Å². The van der Waals surface area contributed by atoms with Crippen LogP contribution in [0.4, 0.5) is 5.69 Å². The van der Waals surface area contributed by atoms with Crippen LogP contribution in [0.1, 0.15) is 22.2 Å². The highest BCUT2D eigenvalue weighted by Crippen LogP contribution is 2.32. The zero-order chi connectivity index (χ0) is 13.1. The number of hydrogen-bond acceptors (Lipinski definition) is 4. The van der Waals surface area contributed by atoms with E-state index in [0.717, 1.165) is 4.47 Å². The molecule has 0 aliphatic rings. The summed E-state index contributed by atoms with van der Waals surface area (Å²) in [6.07, 6.45) is 0. The quantitative estimate of drug-likeness (QED) is 0.688. The highest BCUT2D eigenvalue weighted by molar-refractivity contribution is 9.10. The summed E-state index contributed by atoms with van der Waals surface area (Å²) in [5.41, 5.74) is 6.77. The molecule has 0 amide bonds. The molecule has 2 aromatic rings. The minimum atomic E-state index is -0.113. The van der Waals surface area contributed by atoms with E-state index in [0.29, 0.717) is 28.5 Å². The molecular weight excluding hydrogens is 314 g/mol. The lowest BCUT2D eigenvalue weighted by atomic mass is 10.1. The molecule has 0 bridgehead atoms. The number of nitrogen functional groups attached to an aromatic ring is 1. The second-order valence-electron chi connectivity index (χ2n) is 3.58. The van der Waals surface area contributed by atoms with E-state index in [1.807, 2.05) is 18.4 Å². The zero-order valence-electron chi connectivity index (χ0n) is 9.77. The molecule has 0 unspecified atom stereocenters. The van der Waals surface area contributed by atoms with Crippen LogP contribution >= 0.6 is 27.3 Å². The summed E-state index contributed by atoms with van der Waals surface area (Å²) in [4.78, 5) is 13.1. The minimum Gasteiger partial charge on any atom is -0.493 e. The van der Waals surface area contributed by atoms with Gasteiger partial charge in [-0.2, -0.15) is 0 Å². The molecule has 0 aliphatic heterocycles. The van der Waals surface area contributed by atoms with E-state index in [1.54, 1.807) is 18.2 Å². The van der Waals surface area contributed by atoms with Gasteiger partial charge >= 0.3 is 0 Å². The lowest BCUT2D eigenvalue weighted by Gasteiger charge is -2.11. The van der Waals surface area contributed by atoms with Crippen molar-refractivity contribution >= 4 is 38.7 Å². The van der Waals surface area contributed by atoms with Gasteiger partial charge in [0.2, 0.25) is 5.78 Å². The number of ether oxygens (including phenoxy) is 1. The fraction of sp³-hybridized carbons (Fsp3) is 0.154. The second-order valence-corrected chi connectivity index (χ2v) is 5.35. The van der Waals surface area contributed by atoms with Gasteiger partial charge in [0.15, 0.2) is 0 Å². The maximum absolute atomic E-state index is 12.5. The van der Waals surface area contributed by atoms with Crippen LogP contribution in [0.2, 0.25) is 0 Å². The molecule has 0 radical (unpaired) electrons. The molecule has 2 rings (SSSR count). The first-order valence-corrected chi connectivity index (χ1v) is 7.11. The van der Waals surface area contributed by atoms with Gasteiger partial charge in [-0.05, 0) is 46.4 Å². The van der Waals surface area contributed by atoms with Crippen LogP contribution < -0.4 is 10.5 Å². The molecule has 18 heavy (non-hydrogen) atoms. The standard InChI is InChI=1S/C13H12BrNO2S/c1-2-17-10-5-3-4-9(15)11(10)12(16)13-8(14)6-7-18-13/h3-7H,2,15H2,1H3. The van der Waals surface area contributed by atoms with Crippen molar-refractivity contribution in [1.29, 1.82) is 0 Å². The Morgan fingerprint density at radius 1 is 1.44 bits per heavy atom. The third kappa shape index (κ3) is 2.42. The van der Waals surface area contributed by atoms with Gasteiger partial charge in [-0.15, -0.1) is 11.3 Å². The predicted octanol–water partition coefficient (Wildman–Crippen LogP) is 3.72. The Labute approximate surface area is 118 Å². The highest BCUT2D eigenvalue weighted by Gasteiger charge is 2.20. The van der Waals surface area contributed by atoms with Crippen molar-refractivity contribution in [2.45, 2.75) is 6.92 Å². The largest absolute Gasteiger partial charge is 0.493 e. The van der Waals surface area contributed by atoms with Crippen LogP contribution in [0.25, 0.3) is 0 Å². The SMILES string of the molecule is CCOc1cccc(N)c1C(=O)c1sccc1Br. The maximum Gasteiger partial charge on any atom is 0.209 e. The fourth-order valence-electron chi connectivity index (χ4n) is 1.64. The number of benzene rings is 1. The van der Waals surface area contributed by atoms with Crippen molar-refractivity contribution in [1.82, 2.24) is 0 Å². The van der Waals surface area contributed by atoms with Crippen LogP contribution in [-0.2, 0) is 0 Å². The Morgan fingerprint density at radius 2 is 2.22 bits per heavy atom. The molecule has 1 aromatic carbocycles. The number of carbonyl (C=O) groups is 1. The van der Waals surface area contributed by atoms with Gasteiger partial charge in [0.1, 0.15) is 5.75 Å². The molecule has 0 atom stereocenters. The Kier molecular flexibility index (Phi) is 4.04. The minimum absolute atomic E-state index is 0.113. The van der Waals surface area contributed by atoms with Gasteiger partial charge in [0, 0.05) is 10.2 Å². The third-order valence-corrected chi connectivity index (χ3v) is 4.25. The van der Waals surface area contributed by atoms with E-state index in [-0.39, 0.29) is 5.78 Å². The average Bonchev–Trinajstić information content (AvgIpc) is 2.75. The summed E-state index contributed by atoms with van der Waals surface area (Å²) in [5, 5.41) is 1.86. The molecule has 0 fully saturated rings. The molecule has 0 aliphatic carbocycles. The van der Waals surface area contributed by atoms with Crippen molar-refractivity contribution in [2.24, 2.45) is 0 Å². The van der Waals surface area contributed by atoms with Gasteiger partial charge in [-0.3, -0.25) is 4.79 Å². The number of halogens is 1. The van der Waals surface area contributed by atoms with Gasteiger partial charge in [-0.1, -0.05) is 6.07 Å². The van der Waals surface area contributed by atoms with Crippen molar-refractivity contribution in [3.05, 3.63) is 44.6 Å². The number of anilines is 1. The van der Waals surface area contributed by atoms with Gasteiger partial charge in [0.05, 0.1) is 17.0 Å². The number of thiophene rings is 1. The van der Waals surface area contributed by atoms with Crippen LogP contribution in [-0.4, -0.2) is 12.4 Å². The second kappa shape index (κ2) is 5.54. The summed E-state index contributed by atoms with van der Waals surface area (Å²) >= 11 is 4.74. The molecule has 0 saturated carbocycles. The number of carbonyl (C=O) groups excluding carboxylic acids is 1. The number of rotatable bonds is 4. The maximum atomic E-state index is 12.5. The van der Waals surface area contributed by atoms with Crippen molar-refractivity contribution in [3.63, 3.8) is 0 Å². The summed E-state index contributed by atoms with van der Waals surface area (Å²) in [5.74, 6) is 0.418. The van der Waals surface area contributed by atoms with Crippen LogP contribution in [0.5, 0.6) is 5.75 Å². The zero-order valence-corrected chi connectivity index (χ0v) is 12.2. The molecule has 94 valence electrons. The van der Waals surface area contributed by atoms with Gasteiger partial charge < -0.3 is 10.5 Å². The Morgan fingerprint density at radius 3 is 2.83 bits per heavy atom. The molecule has 2 N–H and O–H groups in total. The molecule has 0 saturated heterocycles. The first-order valence-electron chi connectivity index (χ1n) is 5.44. The monoisotopic (exact) mass is 325 g/mol. The first-order chi connectivity index (χ1) is 8.65. The molecule has 1 aromatic heterocycles. The van der Waals surface area contributed by atoms with E-state index in [2.05, 4.69) is 15.9 Å². The van der Waals surface area contributed by atoms with Crippen LogP contribution in [0.15, 0.2) is 34.1 Å². The van der Waals surface area contributed by atoms with Gasteiger partial charge in [-0.25, -0.2) is 0 Å². The fourth-order valence-corrected chi connectivity index (χ4v) is 3.13. The van der Waals surface area contributed by atoms with Crippen molar-refractivity contribution in [2.75, 3.05) is 12.3 Å². The first kappa shape index (κ1) is 13.1. The third-order valence-electron chi connectivity index (χ3n) is 2.41. The van der Waals surface area contributed by atoms with E-state index in [1.165, 1.54) is 11.3 Å². The Balaban J connectivity index is 2.50. The smallest absolute Gasteiger partial charge is 0.209 e. The molecule has 0 spiro atoms. The number of hydrogen-bond donors (Lipinski definition) is 1. The topological polar surface area (TPSA) is 52.3 Å². The Bertz CT molecular complexity index is 580. The van der Waals surface area contributed by atoms with Crippen molar-refractivity contribution in [3.8, 4) is 5.75 Å². The summed E-state index contributed by atoms with van der Waals surface area (Å²) in [6.45, 7) is 2.37. The average molecular weight is 326 g/mol. The van der Waals surface area contributed by atoms with Crippen LogP contribution in [0.3, 0.4) is 0 Å². The van der Waals surface area contributed by atoms with Gasteiger partial charge in [0.25, 0.3) is 0 Å². The van der Waals surface area contributed by atoms with E-state index in [4.69, 9.17) is 10.5 Å². The molecule has 3 nitrogen and oxygen atoms in total. The lowest BCUT2D eigenvalue weighted by Crippen LogP contribution is -2.08. The number of nitrogens with two attached hydrogens (primary N) is 1. The normalized spacial score (nSPS) is 10.3. The van der Waals surface area contributed by atoms with E-state index in [9.17, 15) is 4.79 Å². The van der Waals surface area contributed by atoms with E-state index < -0.39 is 0 Å². The van der Waals surface area contributed by atoms with E-state index >= 15 is 0 Å². The lowest BCUT2D eigenvalue weighted by molar-refractivity contribution is 0.103. The summed E-state index contributed by atoms with van der Waals surface area (Å²) in [7, 11) is 0. The molecule has 1 heterocycles. The summed E-state index contributed by atoms with van der Waals surface area (Å²) < 4.78 is 6.25. The number of ketones is 1. The molecule has 5 heteroatoms. The van der Waals surface area contributed by atoms with Crippen molar-refractivity contribution < 1.29 is 9.53 Å². The Hall–Kier alpha value is -1.33.